The lowest BCUT2D eigenvalue weighted by Crippen LogP contribution is -2.22. The Labute approximate surface area is 134 Å². The zero-order valence-corrected chi connectivity index (χ0v) is 12.7. The van der Waals surface area contributed by atoms with Crippen molar-refractivity contribution < 1.29 is 4.92 Å². The lowest BCUT2D eigenvalue weighted by molar-refractivity contribution is -0.384. The second-order valence-corrected chi connectivity index (χ2v) is 6.02. The van der Waals surface area contributed by atoms with Crippen LogP contribution >= 0.6 is 0 Å². The minimum atomic E-state index is -0.376. The molecule has 0 aromatic heterocycles. The number of fused-ring (bicyclic) bond motifs is 3. The molecule has 0 bridgehead atoms. The van der Waals surface area contributed by atoms with E-state index >= 15 is 0 Å². The van der Waals surface area contributed by atoms with Crippen molar-refractivity contribution in [3.05, 3.63) is 99.6 Å². The van der Waals surface area contributed by atoms with Crippen LogP contribution in [0, 0.1) is 10.1 Å². The van der Waals surface area contributed by atoms with Crippen LogP contribution in [0.4, 0.5) is 5.69 Å². The maximum Gasteiger partial charge on any atom is 0.269 e. The van der Waals surface area contributed by atoms with E-state index in [4.69, 9.17) is 0 Å². The predicted molar refractivity (Wildman–Crippen MR) is 90.5 cm³/mol. The molecule has 0 spiro atoms. The third kappa shape index (κ3) is 1.83. The van der Waals surface area contributed by atoms with Gasteiger partial charge in [0.2, 0.25) is 0 Å². The Bertz CT molecular complexity index is 885. The molecule has 0 amide bonds. The first-order chi connectivity index (χ1) is 11.1. The molecule has 1 aliphatic carbocycles. The molecule has 0 fully saturated rings. The van der Waals surface area contributed by atoms with Crippen molar-refractivity contribution in [1.82, 2.24) is 0 Å². The second-order valence-electron chi connectivity index (χ2n) is 6.02. The van der Waals surface area contributed by atoms with E-state index in [0.717, 1.165) is 5.56 Å². The van der Waals surface area contributed by atoms with Crippen LogP contribution in [0.15, 0.2) is 72.8 Å². The predicted octanol–water partition coefficient (Wildman–Crippen LogP) is 4.93. The van der Waals surface area contributed by atoms with E-state index < -0.39 is 0 Å². The van der Waals surface area contributed by atoms with Gasteiger partial charge in [0.15, 0.2) is 0 Å². The van der Waals surface area contributed by atoms with Crippen LogP contribution in [0.5, 0.6) is 0 Å². The smallest absolute Gasteiger partial charge is 0.258 e. The summed E-state index contributed by atoms with van der Waals surface area (Å²) < 4.78 is 0. The molecule has 3 aromatic rings. The van der Waals surface area contributed by atoms with Gasteiger partial charge >= 0.3 is 0 Å². The highest BCUT2D eigenvalue weighted by Gasteiger charge is 2.40. The minimum absolute atomic E-state index is 0.130. The third-order valence-corrected chi connectivity index (χ3v) is 4.86. The number of rotatable bonds is 2. The number of hydrogen-bond acceptors (Lipinski definition) is 2. The molecule has 23 heavy (non-hydrogen) atoms. The van der Waals surface area contributed by atoms with Crippen molar-refractivity contribution in [3.8, 4) is 11.1 Å². The number of nitrogens with zero attached hydrogens (tertiary/aromatic N) is 1. The molecule has 112 valence electrons. The van der Waals surface area contributed by atoms with Gasteiger partial charge in [-0.2, -0.15) is 0 Å². The Balaban J connectivity index is 2.04. The fourth-order valence-electron chi connectivity index (χ4n) is 3.69. The Kier molecular flexibility index (Phi) is 2.85. The molecule has 0 heterocycles. The molecule has 4 rings (SSSR count). The molecular weight excluding hydrogens is 286 g/mol. The van der Waals surface area contributed by atoms with Crippen molar-refractivity contribution >= 4 is 5.69 Å². The van der Waals surface area contributed by atoms with E-state index in [2.05, 4.69) is 31.2 Å². The zero-order chi connectivity index (χ0) is 16.0. The Hall–Kier alpha value is -2.94. The van der Waals surface area contributed by atoms with E-state index in [1.807, 2.05) is 30.3 Å². The van der Waals surface area contributed by atoms with Gasteiger partial charge in [-0.1, -0.05) is 60.7 Å². The molecule has 3 nitrogen and oxygen atoms in total. The van der Waals surface area contributed by atoms with E-state index in [1.54, 1.807) is 18.2 Å². The maximum atomic E-state index is 11.2. The lowest BCUT2D eigenvalue weighted by Gasteiger charge is -2.28. The Morgan fingerprint density at radius 3 is 1.96 bits per heavy atom. The highest BCUT2D eigenvalue weighted by molar-refractivity contribution is 5.83. The summed E-state index contributed by atoms with van der Waals surface area (Å²) in [5, 5.41) is 11.2. The van der Waals surface area contributed by atoms with E-state index in [1.165, 1.54) is 22.3 Å². The number of benzene rings is 3. The number of non-ortho nitro benzene ring substituents is 1. The van der Waals surface area contributed by atoms with Gasteiger partial charge < -0.3 is 0 Å². The fraction of sp³-hybridized carbons (Fsp3) is 0.100. The van der Waals surface area contributed by atoms with Crippen LogP contribution < -0.4 is 0 Å². The maximum absolute atomic E-state index is 11.2. The third-order valence-electron chi connectivity index (χ3n) is 4.86. The van der Waals surface area contributed by atoms with Crippen molar-refractivity contribution in [3.63, 3.8) is 0 Å². The van der Waals surface area contributed by atoms with Gasteiger partial charge in [-0.3, -0.25) is 10.1 Å². The van der Waals surface area contributed by atoms with Crippen molar-refractivity contribution in [2.75, 3.05) is 0 Å². The molecule has 0 atom stereocenters. The summed E-state index contributed by atoms with van der Waals surface area (Å²) in [6, 6.07) is 23.6. The monoisotopic (exact) mass is 301 g/mol. The molecule has 0 N–H and O–H groups in total. The van der Waals surface area contributed by atoms with E-state index in [0.29, 0.717) is 0 Å². The number of hydrogen-bond donors (Lipinski definition) is 0. The quantitative estimate of drug-likeness (QED) is 0.497. The summed E-state index contributed by atoms with van der Waals surface area (Å²) in [6.07, 6.45) is 0. The molecule has 0 aliphatic heterocycles. The molecule has 0 saturated heterocycles. The average molecular weight is 301 g/mol. The number of nitro groups is 1. The minimum Gasteiger partial charge on any atom is -0.258 e. The van der Waals surface area contributed by atoms with Crippen LogP contribution in [0.3, 0.4) is 0 Å². The first kappa shape index (κ1) is 13.7. The fourth-order valence-corrected chi connectivity index (χ4v) is 3.69. The van der Waals surface area contributed by atoms with Crippen LogP contribution in [0.1, 0.15) is 23.6 Å². The van der Waals surface area contributed by atoms with Gasteiger partial charge in [0, 0.05) is 17.5 Å². The van der Waals surface area contributed by atoms with Gasteiger partial charge in [0.1, 0.15) is 0 Å². The average Bonchev–Trinajstić information content (AvgIpc) is 2.86. The second kappa shape index (κ2) is 4.78. The Morgan fingerprint density at radius 1 is 0.826 bits per heavy atom. The first-order valence-electron chi connectivity index (χ1n) is 7.56. The summed E-state index contributed by atoms with van der Waals surface area (Å²) in [6.45, 7) is 2.15. The highest BCUT2D eigenvalue weighted by Crippen LogP contribution is 2.52. The molecule has 0 unspecified atom stereocenters. The molecule has 0 radical (unpaired) electrons. The Morgan fingerprint density at radius 2 is 1.39 bits per heavy atom. The summed E-state index contributed by atoms with van der Waals surface area (Å²) in [5.41, 5.74) is 5.51. The van der Waals surface area contributed by atoms with Crippen LogP contribution in [0.2, 0.25) is 0 Å². The summed E-state index contributed by atoms with van der Waals surface area (Å²) in [7, 11) is 0. The van der Waals surface area contributed by atoms with Gasteiger partial charge in [-0.05, 0) is 34.7 Å². The largest absolute Gasteiger partial charge is 0.269 e. The van der Waals surface area contributed by atoms with Crippen LogP contribution in [0.25, 0.3) is 11.1 Å². The zero-order valence-electron chi connectivity index (χ0n) is 12.7. The first-order valence-corrected chi connectivity index (χ1v) is 7.56. The van der Waals surface area contributed by atoms with Gasteiger partial charge in [0.25, 0.3) is 5.69 Å². The van der Waals surface area contributed by atoms with Crippen molar-refractivity contribution in [2.24, 2.45) is 0 Å². The molecule has 3 aromatic carbocycles. The van der Waals surface area contributed by atoms with Gasteiger partial charge in [-0.25, -0.2) is 0 Å². The number of nitro benzene ring substituents is 1. The molecule has 1 aliphatic rings. The standard InChI is InChI=1S/C20H15NO2/c1-20(14-7-6-8-15(13-14)21(22)23)18-11-4-2-9-16(18)17-10-3-5-12-19(17)20/h2-13H,1H3. The van der Waals surface area contributed by atoms with Crippen LogP contribution in [-0.4, -0.2) is 4.92 Å². The van der Waals surface area contributed by atoms with Crippen LogP contribution in [-0.2, 0) is 5.41 Å². The van der Waals surface area contributed by atoms with Gasteiger partial charge in [-0.15, -0.1) is 0 Å². The van der Waals surface area contributed by atoms with Crippen molar-refractivity contribution in [2.45, 2.75) is 12.3 Å². The summed E-state index contributed by atoms with van der Waals surface area (Å²) in [5.74, 6) is 0. The van der Waals surface area contributed by atoms with E-state index in [-0.39, 0.29) is 16.0 Å². The SMILES string of the molecule is CC1(c2cccc([N+](=O)[O-])c2)c2ccccc2-c2ccccc21. The summed E-state index contributed by atoms with van der Waals surface area (Å²) >= 11 is 0. The molecule has 0 saturated carbocycles. The van der Waals surface area contributed by atoms with Gasteiger partial charge in [0.05, 0.1) is 4.92 Å². The lowest BCUT2D eigenvalue weighted by atomic mass is 9.74. The molecular formula is C20H15NO2. The topological polar surface area (TPSA) is 43.1 Å². The van der Waals surface area contributed by atoms with E-state index in [9.17, 15) is 10.1 Å². The van der Waals surface area contributed by atoms with Crippen molar-refractivity contribution in [1.29, 1.82) is 0 Å². The highest BCUT2D eigenvalue weighted by atomic mass is 16.6. The molecule has 3 heteroatoms. The summed E-state index contributed by atoms with van der Waals surface area (Å²) in [4.78, 5) is 10.8. The normalized spacial score (nSPS) is 14.1.